The molecule has 1 aliphatic heterocycles. The lowest BCUT2D eigenvalue weighted by Crippen LogP contribution is -2.41. The van der Waals surface area contributed by atoms with Gasteiger partial charge in [-0.3, -0.25) is 4.79 Å². The summed E-state index contributed by atoms with van der Waals surface area (Å²) in [5, 5.41) is 2.63. The van der Waals surface area contributed by atoms with Crippen molar-refractivity contribution in [2.45, 2.75) is 11.8 Å². The Morgan fingerprint density at radius 1 is 1.69 bits per heavy atom. The van der Waals surface area contributed by atoms with Gasteiger partial charge in [0.25, 0.3) is 5.91 Å². The largest absolute Gasteiger partial charge is 0.318 e. The van der Waals surface area contributed by atoms with E-state index in [1.165, 1.54) is 0 Å². The molecule has 0 radical (unpaired) electrons. The summed E-state index contributed by atoms with van der Waals surface area (Å²) in [4.78, 5) is 11.3. The fraction of sp³-hybridized carbons (Fsp3) is 0.455. The maximum absolute atomic E-state index is 11.9. The number of allylic oxidation sites excluding steroid dienone is 2. The number of hydrogen-bond acceptors (Lipinski definition) is 2. The van der Waals surface area contributed by atoms with Gasteiger partial charge in [-0.25, -0.2) is 0 Å². The molecule has 0 bridgehead atoms. The Balaban J connectivity index is 2.48. The molecular weight excluding hydrogens is 265 g/mol. The van der Waals surface area contributed by atoms with E-state index < -0.39 is 4.87 Å². The highest BCUT2D eigenvalue weighted by molar-refractivity contribution is 7.80. The number of carbonyl (C=O) groups excluding carboxylic acids is 1. The average molecular weight is 276 g/mol. The van der Waals surface area contributed by atoms with Gasteiger partial charge in [-0.1, -0.05) is 37.4 Å². The second kappa shape index (κ2) is 4.13. The molecule has 0 saturated carbocycles. The first-order chi connectivity index (χ1) is 7.51. The molecule has 3 unspecified atom stereocenters. The zero-order valence-electron chi connectivity index (χ0n) is 8.67. The number of thiocarbonyl (C=S) groups is 1. The van der Waals surface area contributed by atoms with Crippen molar-refractivity contribution in [3.8, 4) is 0 Å². The van der Waals surface area contributed by atoms with E-state index in [9.17, 15) is 4.79 Å². The standard InChI is InChI=1S/C11H11Cl2NOS/c1-6(5-12)7-3-2-4-8-9(16)14-10(15)11(7,8)13/h2-4,6,8H,5H2,1H3,(H,14,15,16). The second-order valence-corrected chi connectivity index (χ2v) is 5.41. The highest BCUT2D eigenvalue weighted by Gasteiger charge is 2.55. The van der Waals surface area contributed by atoms with Gasteiger partial charge >= 0.3 is 0 Å². The van der Waals surface area contributed by atoms with E-state index >= 15 is 0 Å². The maximum Gasteiger partial charge on any atom is 0.251 e. The number of rotatable bonds is 2. The molecule has 0 aromatic heterocycles. The topological polar surface area (TPSA) is 29.1 Å². The van der Waals surface area contributed by atoms with Crippen molar-refractivity contribution >= 4 is 46.3 Å². The lowest BCUT2D eigenvalue weighted by Gasteiger charge is -2.31. The fourth-order valence-corrected chi connectivity index (χ4v) is 3.19. The van der Waals surface area contributed by atoms with Crippen molar-refractivity contribution in [3.63, 3.8) is 0 Å². The van der Waals surface area contributed by atoms with Gasteiger partial charge in [-0.2, -0.15) is 0 Å². The number of fused-ring (bicyclic) bond motifs is 1. The minimum Gasteiger partial charge on any atom is -0.318 e. The molecule has 16 heavy (non-hydrogen) atoms. The van der Waals surface area contributed by atoms with E-state index in [2.05, 4.69) is 5.32 Å². The Kier molecular flexibility index (Phi) is 3.12. The van der Waals surface area contributed by atoms with E-state index in [4.69, 9.17) is 35.4 Å². The van der Waals surface area contributed by atoms with Crippen molar-refractivity contribution < 1.29 is 4.79 Å². The first kappa shape index (κ1) is 12.1. The van der Waals surface area contributed by atoms with Crippen LogP contribution in [0, 0.1) is 11.8 Å². The summed E-state index contributed by atoms with van der Waals surface area (Å²) in [6.45, 7) is 1.95. The number of carbonyl (C=O) groups is 1. The minimum atomic E-state index is -1.07. The zero-order valence-corrected chi connectivity index (χ0v) is 11.0. The summed E-state index contributed by atoms with van der Waals surface area (Å²) in [7, 11) is 0. The van der Waals surface area contributed by atoms with Gasteiger partial charge in [0.15, 0.2) is 4.87 Å². The van der Waals surface area contributed by atoms with Crippen LogP contribution in [0.25, 0.3) is 0 Å². The van der Waals surface area contributed by atoms with E-state index in [0.29, 0.717) is 10.9 Å². The van der Waals surface area contributed by atoms with E-state index in [-0.39, 0.29) is 17.7 Å². The third-order valence-corrected chi connectivity index (χ3v) is 4.48. The molecule has 0 aromatic carbocycles. The van der Waals surface area contributed by atoms with Crippen LogP contribution in [0.15, 0.2) is 23.8 Å². The molecule has 86 valence electrons. The molecule has 1 saturated heterocycles. The number of halogens is 2. The first-order valence-corrected chi connectivity index (χ1v) is 6.33. The van der Waals surface area contributed by atoms with E-state index in [1.54, 1.807) is 0 Å². The molecule has 3 atom stereocenters. The third-order valence-electron chi connectivity index (χ3n) is 3.04. The van der Waals surface area contributed by atoms with Crippen LogP contribution in [0.1, 0.15) is 6.92 Å². The van der Waals surface area contributed by atoms with Crippen molar-refractivity contribution in [1.29, 1.82) is 0 Å². The summed E-state index contributed by atoms with van der Waals surface area (Å²) in [5.41, 5.74) is 0.842. The normalized spacial score (nSPS) is 34.4. The maximum atomic E-state index is 11.9. The molecule has 2 aliphatic rings. The molecule has 1 amide bonds. The summed E-state index contributed by atoms with van der Waals surface area (Å²) in [6, 6.07) is 0. The first-order valence-electron chi connectivity index (χ1n) is 5.00. The lowest BCUT2D eigenvalue weighted by molar-refractivity contribution is -0.120. The Labute approximate surface area is 110 Å². The van der Waals surface area contributed by atoms with Crippen LogP contribution < -0.4 is 5.32 Å². The van der Waals surface area contributed by atoms with Crippen molar-refractivity contribution in [2.75, 3.05) is 5.88 Å². The van der Waals surface area contributed by atoms with Crippen LogP contribution in [-0.2, 0) is 4.79 Å². The molecule has 2 nitrogen and oxygen atoms in total. The zero-order chi connectivity index (χ0) is 11.9. The van der Waals surface area contributed by atoms with Gasteiger partial charge in [-0.15, -0.1) is 23.2 Å². The SMILES string of the molecule is CC(CCl)C1=CC=CC2C(=S)NC(=O)C12Cl. The Morgan fingerprint density at radius 2 is 2.38 bits per heavy atom. The van der Waals surface area contributed by atoms with Gasteiger partial charge in [0.05, 0.1) is 10.9 Å². The molecule has 1 aliphatic carbocycles. The summed E-state index contributed by atoms with van der Waals surface area (Å²) in [6.07, 6.45) is 5.61. The Bertz CT molecular complexity index is 418. The van der Waals surface area contributed by atoms with Crippen molar-refractivity contribution in [1.82, 2.24) is 5.32 Å². The molecule has 2 rings (SSSR count). The molecule has 5 heteroatoms. The van der Waals surface area contributed by atoms with Gasteiger partial charge in [0.2, 0.25) is 0 Å². The predicted molar refractivity (Wildman–Crippen MR) is 69.9 cm³/mol. The predicted octanol–water partition coefficient (Wildman–Crippen LogP) is 2.41. The lowest BCUT2D eigenvalue weighted by atomic mass is 9.78. The van der Waals surface area contributed by atoms with Crippen molar-refractivity contribution in [3.05, 3.63) is 23.8 Å². The van der Waals surface area contributed by atoms with Gasteiger partial charge in [0, 0.05) is 5.88 Å². The highest BCUT2D eigenvalue weighted by atomic mass is 35.5. The van der Waals surface area contributed by atoms with Crippen molar-refractivity contribution in [2.24, 2.45) is 11.8 Å². The van der Waals surface area contributed by atoms with Crippen LogP contribution in [0.4, 0.5) is 0 Å². The molecule has 0 aromatic rings. The molecule has 1 N–H and O–H groups in total. The van der Waals surface area contributed by atoms with Crippen LogP contribution in [0.3, 0.4) is 0 Å². The Hall–Kier alpha value is -0.380. The molecular formula is C11H11Cl2NOS. The quantitative estimate of drug-likeness (QED) is 0.620. The summed E-state index contributed by atoms with van der Waals surface area (Å²) >= 11 is 17.4. The molecule has 1 heterocycles. The number of amides is 1. The van der Waals surface area contributed by atoms with E-state index in [0.717, 1.165) is 5.57 Å². The monoisotopic (exact) mass is 275 g/mol. The number of nitrogens with one attached hydrogen (secondary N) is 1. The Morgan fingerprint density at radius 3 is 3.00 bits per heavy atom. The van der Waals surface area contributed by atoms with E-state index in [1.807, 2.05) is 25.2 Å². The number of alkyl halides is 2. The fourth-order valence-electron chi connectivity index (χ4n) is 2.13. The second-order valence-electron chi connectivity index (χ2n) is 4.07. The summed E-state index contributed by atoms with van der Waals surface area (Å²) < 4.78 is 0. The van der Waals surface area contributed by atoms with Crippen LogP contribution >= 0.6 is 35.4 Å². The average Bonchev–Trinajstić information content (AvgIpc) is 2.49. The van der Waals surface area contributed by atoms with Gasteiger partial charge in [0.1, 0.15) is 0 Å². The van der Waals surface area contributed by atoms with Gasteiger partial charge < -0.3 is 5.32 Å². The van der Waals surface area contributed by atoms with Crippen LogP contribution in [0.2, 0.25) is 0 Å². The van der Waals surface area contributed by atoms with Crippen LogP contribution in [-0.4, -0.2) is 21.6 Å². The molecule has 1 fully saturated rings. The third kappa shape index (κ3) is 1.53. The minimum absolute atomic E-state index is 0.0540. The summed E-state index contributed by atoms with van der Waals surface area (Å²) in [5.74, 6) is -0.00157. The highest BCUT2D eigenvalue weighted by Crippen LogP contribution is 2.44. The van der Waals surface area contributed by atoms with Gasteiger partial charge in [-0.05, 0) is 11.5 Å². The van der Waals surface area contributed by atoms with Crippen LogP contribution in [0.5, 0.6) is 0 Å². The number of hydrogen-bond donors (Lipinski definition) is 1. The smallest absolute Gasteiger partial charge is 0.251 e. The molecule has 0 spiro atoms.